The highest BCUT2D eigenvalue weighted by Gasteiger charge is 2.43. The van der Waals surface area contributed by atoms with Gasteiger partial charge in [-0.2, -0.15) is 26.3 Å². The number of rotatable bonds is 3. The highest BCUT2D eigenvalue weighted by atomic mass is 35.5. The van der Waals surface area contributed by atoms with E-state index in [4.69, 9.17) is 0 Å². The quantitative estimate of drug-likeness (QED) is 0.193. The summed E-state index contributed by atoms with van der Waals surface area (Å²) in [7, 11) is 0. The Balaban J connectivity index is 0.000000190. The summed E-state index contributed by atoms with van der Waals surface area (Å²) in [5.74, 6) is 2.34. The van der Waals surface area contributed by atoms with Gasteiger partial charge in [0.15, 0.2) is 0 Å². The first kappa shape index (κ1) is 33.4. The van der Waals surface area contributed by atoms with Gasteiger partial charge < -0.3 is 4.90 Å². The fourth-order valence-electron chi connectivity index (χ4n) is 6.62. The molecule has 7 nitrogen and oxygen atoms in total. The van der Waals surface area contributed by atoms with Gasteiger partial charge in [0.2, 0.25) is 0 Å². The van der Waals surface area contributed by atoms with Crippen LogP contribution < -0.4 is 4.90 Å². The second kappa shape index (κ2) is 13.0. The molecule has 0 spiro atoms. The van der Waals surface area contributed by atoms with E-state index < -0.39 is 44.7 Å². The molecule has 0 unspecified atom stereocenters. The van der Waals surface area contributed by atoms with Gasteiger partial charge in [-0.15, -0.1) is 12.4 Å². The van der Waals surface area contributed by atoms with Gasteiger partial charge in [0.1, 0.15) is 11.1 Å². The number of nitro benzene ring substituents is 2. The van der Waals surface area contributed by atoms with Crippen LogP contribution in [0.3, 0.4) is 0 Å². The van der Waals surface area contributed by atoms with E-state index in [1.165, 1.54) is 30.9 Å². The molecule has 2 saturated heterocycles. The fraction of sp³-hybridized carbons (Fsp3) is 0.571. The summed E-state index contributed by atoms with van der Waals surface area (Å²) in [6.45, 7) is 1.44. The summed E-state index contributed by atoms with van der Waals surface area (Å²) in [5, 5.41) is 21.0. The molecule has 232 valence electrons. The average Bonchev–Trinajstić information content (AvgIpc) is 3.71. The van der Waals surface area contributed by atoms with E-state index in [1.54, 1.807) is 32.1 Å². The van der Waals surface area contributed by atoms with Crippen molar-refractivity contribution in [1.82, 2.24) is 0 Å². The number of benzene rings is 2. The first-order chi connectivity index (χ1) is 19.1. The summed E-state index contributed by atoms with van der Waals surface area (Å²) in [5.41, 5.74) is -3.37. The average molecular weight is 624 g/mol. The maximum absolute atomic E-state index is 13.0. The topological polar surface area (TPSA) is 89.5 Å². The van der Waals surface area contributed by atoms with Crippen molar-refractivity contribution in [3.8, 4) is 0 Å². The van der Waals surface area contributed by atoms with Crippen molar-refractivity contribution >= 4 is 29.5 Å². The number of alkyl halides is 6. The molecule has 4 fully saturated rings. The zero-order valence-electron chi connectivity index (χ0n) is 22.8. The van der Waals surface area contributed by atoms with E-state index in [0.29, 0.717) is 11.3 Å². The molecule has 4 bridgehead atoms. The van der Waals surface area contributed by atoms with Crippen LogP contribution in [0.4, 0.5) is 43.4 Å². The lowest BCUT2D eigenvalue weighted by Crippen LogP contribution is -2.28. The van der Waals surface area contributed by atoms with Crippen LogP contribution in [0.15, 0.2) is 36.4 Å². The Hall–Kier alpha value is -3.09. The number of fused-ring (bicyclic) bond motifs is 4. The molecule has 14 heteroatoms. The molecule has 2 aromatic carbocycles. The lowest BCUT2D eigenvalue weighted by Gasteiger charge is -2.25. The lowest BCUT2D eigenvalue weighted by atomic mass is 10.0. The minimum absolute atomic E-state index is 0. The van der Waals surface area contributed by atoms with Crippen LogP contribution in [0.1, 0.15) is 74.5 Å². The van der Waals surface area contributed by atoms with Crippen LogP contribution in [0.25, 0.3) is 0 Å². The molecule has 0 N–H and O–H groups in total. The van der Waals surface area contributed by atoms with E-state index in [9.17, 15) is 46.6 Å². The molecule has 0 amide bonds. The van der Waals surface area contributed by atoms with Crippen LogP contribution in [-0.4, -0.2) is 21.9 Å². The summed E-state index contributed by atoms with van der Waals surface area (Å²) in [6.07, 6.45) is 2.38. The van der Waals surface area contributed by atoms with Crippen LogP contribution in [-0.2, 0) is 12.4 Å². The summed E-state index contributed by atoms with van der Waals surface area (Å²) >= 11 is 0. The van der Waals surface area contributed by atoms with Crippen LogP contribution in [0.2, 0.25) is 0 Å². The predicted octanol–water partition coefficient (Wildman–Crippen LogP) is 9.29. The van der Waals surface area contributed by atoms with Gasteiger partial charge in [-0.3, -0.25) is 20.2 Å². The second-order valence-electron chi connectivity index (χ2n) is 11.2. The number of nitrogens with zero attached hydrogens (tertiary/aromatic N) is 3. The maximum Gasteiger partial charge on any atom is 0.423 e. The SMILES string of the molecule is C1CC2CCC1C2.Cc1ccc([N+](=O)[O-])c(C(F)(F)F)c1.Cl.O=[N+]([O-])c1ccc(N2C3CCC2CC3)cc1C(F)(F)F. The lowest BCUT2D eigenvalue weighted by molar-refractivity contribution is -0.388. The third-order valence-electron chi connectivity index (χ3n) is 8.52. The van der Waals surface area contributed by atoms with Crippen LogP contribution >= 0.6 is 12.4 Å². The largest absolute Gasteiger partial charge is 0.423 e. The Kier molecular flexibility index (Phi) is 10.4. The van der Waals surface area contributed by atoms with Crippen molar-refractivity contribution in [2.45, 2.75) is 89.1 Å². The number of anilines is 1. The first-order valence-electron chi connectivity index (χ1n) is 13.6. The predicted molar refractivity (Wildman–Crippen MR) is 147 cm³/mol. The molecule has 42 heavy (non-hydrogen) atoms. The summed E-state index contributed by atoms with van der Waals surface area (Å²) < 4.78 is 75.7. The molecule has 2 saturated carbocycles. The van der Waals surface area contributed by atoms with Gasteiger partial charge in [0.25, 0.3) is 11.4 Å². The standard InChI is InChI=1S/C13H13F3N2O2.C8H6F3NO2.C7H12.ClH/c14-13(15,16)11-7-10(5-6-12(11)18(19)20)17-8-1-2-9(17)4-3-8;1-5-2-3-7(12(13)14)6(4-5)8(9,10)11;1-2-7-4-3-6(1)5-7;/h5-9H,1-4H2;2-4H,1H3;6-7H,1-5H2;1H. The molecule has 4 aliphatic rings. The van der Waals surface area contributed by atoms with Gasteiger partial charge in [0, 0.05) is 29.9 Å². The van der Waals surface area contributed by atoms with Crippen molar-refractivity contribution in [1.29, 1.82) is 0 Å². The molecular formula is C28H32ClF6N3O4. The van der Waals surface area contributed by atoms with Gasteiger partial charge in [-0.05, 0) is 69.1 Å². The first-order valence-corrected chi connectivity index (χ1v) is 13.6. The molecule has 2 heterocycles. The van der Waals surface area contributed by atoms with E-state index in [1.807, 2.05) is 4.90 Å². The van der Waals surface area contributed by atoms with Gasteiger partial charge in [0.05, 0.1) is 9.85 Å². The highest BCUT2D eigenvalue weighted by molar-refractivity contribution is 5.85. The molecule has 0 atom stereocenters. The molecule has 2 aliphatic carbocycles. The second-order valence-corrected chi connectivity index (χ2v) is 11.2. The van der Waals surface area contributed by atoms with E-state index >= 15 is 0 Å². The molecular weight excluding hydrogens is 592 g/mol. The Morgan fingerprint density at radius 2 is 1.10 bits per heavy atom. The van der Waals surface area contributed by atoms with E-state index in [2.05, 4.69) is 0 Å². The van der Waals surface area contributed by atoms with Crippen molar-refractivity contribution in [2.75, 3.05) is 4.90 Å². The normalized spacial score (nSPS) is 23.8. The van der Waals surface area contributed by atoms with Crippen molar-refractivity contribution in [3.05, 3.63) is 73.3 Å². The Morgan fingerprint density at radius 3 is 1.45 bits per heavy atom. The van der Waals surface area contributed by atoms with Crippen molar-refractivity contribution in [2.24, 2.45) is 11.8 Å². The highest BCUT2D eigenvalue weighted by Crippen LogP contribution is 2.45. The van der Waals surface area contributed by atoms with E-state index in [0.717, 1.165) is 49.9 Å². The molecule has 2 aliphatic heterocycles. The Bertz CT molecular complexity index is 1250. The Morgan fingerprint density at radius 1 is 0.690 bits per heavy atom. The van der Waals surface area contributed by atoms with Crippen LogP contribution in [0.5, 0.6) is 0 Å². The summed E-state index contributed by atoms with van der Waals surface area (Å²) in [4.78, 5) is 21.0. The summed E-state index contributed by atoms with van der Waals surface area (Å²) in [6, 6.07) is 6.78. The zero-order chi connectivity index (χ0) is 30.1. The smallest absolute Gasteiger partial charge is 0.366 e. The number of aryl methyl sites for hydroxylation is 1. The monoisotopic (exact) mass is 623 g/mol. The third kappa shape index (κ3) is 7.64. The number of hydrogen-bond acceptors (Lipinski definition) is 5. The molecule has 0 radical (unpaired) electrons. The zero-order valence-corrected chi connectivity index (χ0v) is 23.6. The number of halogens is 7. The Labute approximate surface area is 245 Å². The number of nitro groups is 2. The molecule has 0 aromatic heterocycles. The van der Waals surface area contributed by atoms with Crippen LogP contribution in [0, 0.1) is 39.0 Å². The van der Waals surface area contributed by atoms with E-state index in [-0.39, 0.29) is 24.5 Å². The fourth-order valence-corrected chi connectivity index (χ4v) is 6.62. The van der Waals surface area contributed by atoms with Gasteiger partial charge in [-0.1, -0.05) is 37.3 Å². The molecule has 2 aromatic rings. The van der Waals surface area contributed by atoms with Gasteiger partial charge >= 0.3 is 12.4 Å². The minimum atomic E-state index is -4.71. The minimum Gasteiger partial charge on any atom is -0.366 e. The van der Waals surface area contributed by atoms with Crippen molar-refractivity contribution in [3.63, 3.8) is 0 Å². The van der Waals surface area contributed by atoms with Crippen molar-refractivity contribution < 1.29 is 36.2 Å². The molecule has 6 rings (SSSR count). The van der Waals surface area contributed by atoms with Gasteiger partial charge in [-0.25, -0.2) is 0 Å². The maximum atomic E-state index is 13.0. The number of hydrogen-bond donors (Lipinski definition) is 0. The third-order valence-corrected chi connectivity index (χ3v) is 8.52.